The van der Waals surface area contributed by atoms with Gasteiger partial charge < -0.3 is 9.73 Å². The second-order valence-corrected chi connectivity index (χ2v) is 4.43. The summed E-state index contributed by atoms with van der Waals surface area (Å²) in [5.41, 5.74) is 1.08. The van der Waals surface area contributed by atoms with Gasteiger partial charge in [0, 0.05) is 13.1 Å². The van der Waals surface area contributed by atoms with Gasteiger partial charge in [0.1, 0.15) is 11.6 Å². The number of furan rings is 1. The minimum atomic E-state index is 0.816. The molecule has 0 fully saturated rings. The minimum absolute atomic E-state index is 0.816. The first-order chi connectivity index (χ1) is 9.31. The Morgan fingerprint density at radius 2 is 2.05 bits per heavy atom. The van der Waals surface area contributed by atoms with Crippen LogP contribution in [0, 0.1) is 0 Å². The molecule has 102 valence electrons. The lowest BCUT2D eigenvalue weighted by Crippen LogP contribution is -2.22. The second kappa shape index (κ2) is 6.95. The molecule has 0 amide bonds. The predicted molar refractivity (Wildman–Crippen MR) is 76.9 cm³/mol. The van der Waals surface area contributed by atoms with E-state index in [-0.39, 0.29) is 0 Å². The van der Waals surface area contributed by atoms with Crippen LogP contribution in [0.1, 0.15) is 25.3 Å². The number of pyridine rings is 1. The molecule has 0 saturated heterocycles. The first-order valence-corrected chi connectivity index (χ1v) is 6.76. The molecule has 0 bridgehead atoms. The maximum Gasteiger partial charge on any atom is 0.126 e. The van der Waals surface area contributed by atoms with Gasteiger partial charge in [-0.25, -0.2) is 4.98 Å². The number of anilines is 1. The molecular weight excluding hydrogens is 238 g/mol. The van der Waals surface area contributed by atoms with E-state index < -0.39 is 0 Å². The summed E-state index contributed by atoms with van der Waals surface area (Å²) in [6.45, 7) is 7.72. The van der Waals surface area contributed by atoms with E-state index in [1.807, 2.05) is 24.3 Å². The van der Waals surface area contributed by atoms with E-state index in [2.05, 4.69) is 35.1 Å². The summed E-state index contributed by atoms with van der Waals surface area (Å²) < 4.78 is 5.39. The highest BCUT2D eigenvalue weighted by Gasteiger charge is 2.08. The third kappa shape index (κ3) is 4.10. The third-order valence-corrected chi connectivity index (χ3v) is 2.96. The topological polar surface area (TPSA) is 41.3 Å². The van der Waals surface area contributed by atoms with E-state index in [4.69, 9.17) is 4.42 Å². The molecule has 0 saturated carbocycles. The van der Waals surface area contributed by atoms with Gasteiger partial charge in [0.25, 0.3) is 0 Å². The fourth-order valence-electron chi connectivity index (χ4n) is 1.98. The fraction of sp³-hybridized carbons (Fsp3) is 0.400. The van der Waals surface area contributed by atoms with Gasteiger partial charge in [0.05, 0.1) is 18.5 Å². The molecule has 2 aromatic rings. The van der Waals surface area contributed by atoms with Gasteiger partial charge in [-0.2, -0.15) is 0 Å². The Morgan fingerprint density at radius 1 is 1.16 bits per heavy atom. The van der Waals surface area contributed by atoms with Crippen molar-refractivity contribution in [2.24, 2.45) is 0 Å². The van der Waals surface area contributed by atoms with Crippen LogP contribution in [0.15, 0.2) is 41.0 Å². The molecule has 0 spiro atoms. The SMILES string of the molecule is CCNc1cccc(CN(CC)Cc2ccco2)n1. The maximum absolute atomic E-state index is 5.39. The number of aromatic nitrogens is 1. The Kier molecular flexibility index (Phi) is 4.98. The van der Waals surface area contributed by atoms with Gasteiger partial charge in [-0.05, 0) is 37.7 Å². The molecule has 0 atom stereocenters. The van der Waals surface area contributed by atoms with Gasteiger partial charge in [0.2, 0.25) is 0 Å². The lowest BCUT2D eigenvalue weighted by atomic mass is 10.3. The van der Waals surface area contributed by atoms with Crippen LogP contribution in [0.25, 0.3) is 0 Å². The average molecular weight is 259 g/mol. The van der Waals surface area contributed by atoms with Crippen LogP contribution >= 0.6 is 0 Å². The Labute approximate surface area is 114 Å². The van der Waals surface area contributed by atoms with Crippen molar-refractivity contribution >= 4 is 5.82 Å². The number of hydrogen-bond acceptors (Lipinski definition) is 4. The lowest BCUT2D eigenvalue weighted by Gasteiger charge is -2.18. The molecule has 2 rings (SSSR count). The van der Waals surface area contributed by atoms with Crippen molar-refractivity contribution in [3.63, 3.8) is 0 Å². The third-order valence-electron chi connectivity index (χ3n) is 2.96. The van der Waals surface area contributed by atoms with Crippen LogP contribution in [0.2, 0.25) is 0 Å². The van der Waals surface area contributed by atoms with Crippen molar-refractivity contribution in [1.82, 2.24) is 9.88 Å². The molecular formula is C15H21N3O. The number of rotatable bonds is 7. The number of nitrogens with one attached hydrogen (secondary N) is 1. The average Bonchev–Trinajstić information content (AvgIpc) is 2.92. The Morgan fingerprint density at radius 3 is 2.74 bits per heavy atom. The molecule has 19 heavy (non-hydrogen) atoms. The van der Waals surface area contributed by atoms with Gasteiger partial charge in [-0.3, -0.25) is 4.90 Å². The predicted octanol–water partition coefficient (Wildman–Crippen LogP) is 3.13. The zero-order chi connectivity index (χ0) is 13.5. The van der Waals surface area contributed by atoms with Gasteiger partial charge in [-0.15, -0.1) is 0 Å². The summed E-state index contributed by atoms with van der Waals surface area (Å²) in [4.78, 5) is 6.90. The van der Waals surface area contributed by atoms with Gasteiger partial charge in [-0.1, -0.05) is 13.0 Å². The normalized spacial score (nSPS) is 10.9. The first kappa shape index (κ1) is 13.6. The molecule has 4 nitrogen and oxygen atoms in total. The maximum atomic E-state index is 5.39. The molecule has 1 N–H and O–H groups in total. The molecule has 0 aliphatic heterocycles. The van der Waals surface area contributed by atoms with Crippen LogP contribution in [0.4, 0.5) is 5.82 Å². The summed E-state index contributed by atoms with van der Waals surface area (Å²) in [5, 5.41) is 3.24. The molecule has 4 heteroatoms. The van der Waals surface area contributed by atoms with Crippen molar-refractivity contribution in [2.45, 2.75) is 26.9 Å². The van der Waals surface area contributed by atoms with E-state index >= 15 is 0 Å². The summed E-state index contributed by atoms with van der Waals surface area (Å²) >= 11 is 0. The van der Waals surface area contributed by atoms with E-state index in [1.54, 1.807) is 6.26 Å². The highest BCUT2D eigenvalue weighted by molar-refractivity contribution is 5.34. The largest absolute Gasteiger partial charge is 0.468 e. The number of nitrogens with zero attached hydrogens (tertiary/aromatic N) is 2. The van der Waals surface area contributed by atoms with Crippen molar-refractivity contribution in [1.29, 1.82) is 0 Å². The zero-order valence-electron chi connectivity index (χ0n) is 11.6. The van der Waals surface area contributed by atoms with E-state index in [0.717, 1.165) is 43.5 Å². The van der Waals surface area contributed by atoms with Crippen molar-refractivity contribution in [3.8, 4) is 0 Å². The van der Waals surface area contributed by atoms with Crippen LogP contribution in [-0.2, 0) is 13.1 Å². The van der Waals surface area contributed by atoms with E-state index in [1.165, 1.54) is 0 Å². The molecule has 2 heterocycles. The van der Waals surface area contributed by atoms with Crippen LogP contribution < -0.4 is 5.32 Å². The monoisotopic (exact) mass is 259 g/mol. The summed E-state index contributed by atoms with van der Waals surface area (Å²) in [6, 6.07) is 10.0. The van der Waals surface area contributed by atoms with Gasteiger partial charge >= 0.3 is 0 Å². The van der Waals surface area contributed by atoms with Crippen molar-refractivity contribution in [3.05, 3.63) is 48.0 Å². The first-order valence-electron chi connectivity index (χ1n) is 6.76. The van der Waals surface area contributed by atoms with Crippen LogP contribution in [0.5, 0.6) is 0 Å². The van der Waals surface area contributed by atoms with Crippen molar-refractivity contribution in [2.75, 3.05) is 18.4 Å². The van der Waals surface area contributed by atoms with Gasteiger partial charge in [0.15, 0.2) is 0 Å². The molecule has 0 unspecified atom stereocenters. The van der Waals surface area contributed by atoms with E-state index in [0.29, 0.717) is 0 Å². The smallest absolute Gasteiger partial charge is 0.126 e. The Balaban J connectivity index is 1.99. The number of hydrogen-bond donors (Lipinski definition) is 1. The lowest BCUT2D eigenvalue weighted by molar-refractivity contribution is 0.245. The zero-order valence-corrected chi connectivity index (χ0v) is 11.6. The summed E-state index contributed by atoms with van der Waals surface area (Å²) in [6.07, 6.45) is 1.72. The highest BCUT2D eigenvalue weighted by Crippen LogP contribution is 2.11. The molecule has 0 radical (unpaired) electrons. The molecule has 0 aromatic carbocycles. The second-order valence-electron chi connectivity index (χ2n) is 4.43. The molecule has 0 aliphatic carbocycles. The highest BCUT2D eigenvalue weighted by atomic mass is 16.3. The Bertz CT molecular complexity index is 482. The summed E-state index contributed by atoms with van der Waals surface area (Å²) in [5.74, 6) is 1.93. The van der Waals surface area contributed by atoms with Crippen LogP contribution in [-0.4, -0.2) is 23.0 Å². The van der Waals surface area contributed by atoms with E-state index in [9.17, 15) is 0 Å². The fourth-order valence-corrected chi connectivity index (χ4v) is 1.98. The standard InChI is InChI=1S/C15H21N3O/c1-3-16-15-9-5-7-13(17-15)11-18(4-2)12-14-8-6-10-19-14/h5-10H,3-4,11-12H2,1-2H3,(H,16,17). The molecule has 0 aliphatic rings. The Hall–Kier alpha value is -1.81. The van der Waals surface area contributed by atoms with Crippen LogP contribution in [0.3, 0.4) is 0 Å². The molecule has 2 aromatic heterocycles. The summed E-state index contributed by atoms with van der Waals surface area (Å²) in [7, 11) is 0. The quantitative estimate of drug-likeness (QED) is 0.829. The minimum Gasteiger partial charge on any atom is -0.468 e. The van der Waals surface area contributed by atoms with Crippen molar-refractivity contribution < 1.29 is 4.42 Å².